The van der Waals surface area contributed by atoms with Gasteiger partial charge in [-0.1, -0.05) is 174 Å². The Hall–Kier alpha value is -0.900. The summed E-state index contributed by atoms with van der Waals surface area (Å²) in [6, 6.07) is 0. The summed E-state index contributed by atoms with van der Waals surface area (Å²) in [5.74, 6) is -0.405. The van der Waals surface area contributed by atoms with Crippen LogP contribution in [-0.4, -0.2) is 97.5 Å². The molecule has 6 unspecified atom stereocenters. The summed E-state index contributed by atoms with van der Waals surface area (Å²) in [5, 5.41) is 30.5. The van der Waals surface area contributed by atoms with E-state index in [0.29, 0.717) is 13.0 Å². The number of hydrogen-bond acceptors (Lipinski definition) is 11. The number of unbranched alkanes of at least 4 members (excludes halogenated alkanes) is 25. The highest BCUT2D eigenvalue weighted by atomic mass is 32.3. The summed E-state index contributed by atoms with van der Waals surface area (Å²) in [6.45, 7) is 3.94. The van der Waals surface area contributed by atoms with E-state index in [1.165, 1.54) is 122 Å². The summed E-state index contributed by atoms with van der Waals surface area (Å²) in [6.07, 6.45) is 24.8. The highest BCUT2D eigenvalue weighted by Gasteiger charge is 2.48. The minimum absolute atomic E-state index is 0.0429. The SMILES string of the molecule is CCCCCCCCCCCCCCCCCCCCCCCOCC(COC1OC(CO)C(O)C(OS(=O)(=O)O)C1O)OC(=O)CCCCCCCC. The van der Waals surface area contributed by atoms with Gasteiger partial charge in [-0.25, -0.2) is 4.18 Å². The van der Waals surface area contributed by atoms with Gasteiger partial charge in [0.25, 0.3) is 0 Å². The second-order valence-corrected chi connectivity index (χ2v) is 16.4. The molecule has 0 aliphatic carbocycles. The zero-order chi connectivity index (χ0) is 39.7. The lowest BCUT2D eigenvalue weighted by Crippen LogP contribution is -2.60. The van der Waals surface area contributed by atoms with Crippen molar-refractivity contribution >= 4 is 16.4 Å². The van der Waals surface area contributed by atoms with E-state index in [1.54, 1.807) is 0 Å². The molecule has 1 fully saturated rings. The molecule has 0 spiro atoms. The Balaban J connectivity index is 2.28. The van der Waals surface area contributed by atoms with Gasteiger partial charge >= 0.3 is 16.4 Å². The van der Waals surface area contributed by atoms with Gasteiger partial charge < -0.3 is 34.3 Å². The van der Waals surface area contributed by atoms with Crippen LogP contribution in [0.4, 0.5) is 0 Å². The minimum Gasteiger partial charge on any atom is -0.457 e. The van der Waals surface area contributed by atoms with E-state index < -0.39 is 59.8 Å². The fourth-order valence-corrected chi connectivity index (χ4v) is 7.42. The van der Waals surface area contributed by atoms with Gasteiger partial charge in [0.05, 0.1) is 19.8 Å². The van der Waals surface area contributed by atoms with Crippen molar-refractivity contribution in [3.05, 3.63) is 0 Å². The molecule has 1 saturated heterocycles. The Morgan fingerprint density at radius 2 is 1.06 bits per heavy atom. The van der Waals surface area contributed by atoms with Gasteiger partial charge in [-0.3, -0.25) is 9.35 Å². The zero-order valence-electron chi connectivity index (χ0n) is 34.1. The summed E-state index contributed by atoms with van der Waals surface area (Å²) >= 11 is 0. The summed E-state index contributed by atoms with van der Waals surface area (Å²) in [7, 11) is -5.05. The van der Waals surface area contributed by atoms with Crippen molar-refractivity contribution in [2.75, 3.05) is 26.4 Å². The van der Waals surface area contributed by atoms with E-state index in [9.17, 15) is 28.5 Å². The smallest absolute Gasteiger partial charge is 0.397 e. The van der Waals surface area contributed by atoms with Gasteiger partial charge in [0.1, 0.15) is 30.5 Å². The lowest BCUT2D eigenvalue weighted by Gasteiger charge is -2.41. The molecule has 0 aromatic carbocycles. The van der Waals surface area contributed by atoms with E-state index in [0.717, 1.165) is 44.9 Å². The molecular weight excluding hydrogens is 717 g/mol. The van der Waals surface area contributed by atoms with Gasteiger partial charge in [-0.15, -0.1) is 0 Å². The molecule has 1 aliphatic rings. The normalized spacial score (nSPS) is 21.0. The lowest BCUT2D eigenvalue weighted by molar-refractivity contribution is -0.301. The van der Waals surface area contributed by atoms with Crippen LogP contribution in [-0.2, 0) is 38.3 Å². The molecule has 322 valence electrons. The van der Waals surface area contributed by atoms with Crippen LogP contribution in [0.5, 0.6) is 0 Å². The monoisotopic (exact) mass is 797 g/mol. The maximum Gasteiger partial charge on any atom is 0.397 e. The number of aliphatic hydroxyl groups excluding tert-OH is 3. The molecule has 1 rings (SSSR count). The molecule has 0 amide bonds. The van der Waals surface area contributed by atoms with E-state index in [1.807, 2.05) is 0 Å². The Morgan fingerprint density at radius 3 is 1.48 bits per heavy atom. The fourth-order valence-electron chi connectivity index (χ4n) is 6.91. The molecule has 0 aromatic heterocycles. The van der Waals surface area contributed by atoms with Crippen LogP contribution in [0.2, 0.25) is 0 Å². The molecule has 0 bridgehead atoms. The fraction of sp³-hybridized carbons (Fsp3) is 0.976. The first-order valence-corrected chi connectivity index (χ1v) is 23.2. The highest BCUT2D eigenvalue weighted by Crippen LogP contribution is 2.26. The van der Waals surface area contributed by atoms with Gasteiger partial charge in [0.2, 0.25) is 0 Å². The lowest BCUT2D eigenvalue weighted by atomic mass is 9.99. The van der Waals surface area contributed by atoms with Crippen LogP contribution in [0.15, 0.2) is 0 Å². The molecule has 1 heterocycles. The Morgan fingerprint density at radius 1 is 0.630 bits per heavy atom. The van der Waals surface area contributed by atoms with Gasteiger partial charge in [0, 0.05) is 13.0 Å². The van der Waals surface area contributed by atoms with Crippen molar-refractivity contribution in [1.29, 1.82) is 0 Å². The van der Waals surface area contributed by atoms with E-state index in [2.05, 4.69) is 18.0 Å². The highest BCUT2D eigenvalue weighted by molar-refractivity contribution is 7.80. The molecule has 12 nitrogen and oxygen atoms in total. The average molecular weight is 797 g/mol. The molecule has 6 atom stereocenters. The summed E-state index contributed by atoms with van der Waals surface area (Å²) in [4.78, 5) is 12.6. The Labute approximate surface area is 328 Å². The molecule has 0 radical (unpaired) electrons. The molecule has 0 aromatic rings. The van der Waals surface area contributed by atoms with Crippen LogP contribution < -0.4 is 0 Å². The predicted octanol–water partition coefficient (Wildman–Crippen LogP) is 8.52. The standard InChI is InChI=1S/C41H80O12S/c1-3-5-7-9-11-12-13-14-15-16-17-18-19-20-21-22-23-24-25-27-29-31-49-33-35(51-37(43)30-28-26-10-8-6-4-2)34-50-41-39(45)40(53-54(46,47)48)38(44)36(32-42)52-41/h35-36,38-42,44-45H,3-34H2,1-2H3,(H,46,47,48). The van der Waals surface area contributed by atoms with E-state index in [-0.39, 0.29) is 19.6 Å². The molecule has 4 N–H and O–H groups in total. The van der Waals surface area contributed by atoms with Crippen molar-refractivity contribution in [1.82, 2.24) is 0 Å². The predicted molar refractivity (Wildman–Crippen MR) is 211 cm³/mol. The average Bonchev–Trinajstić information content (AvgIpc) is 3.14. The molecule has 0 saturated carbocycles. The van der Waals surface area contributed by atoms with Crippen LogP contribution in [0, 0.1) is 0 Å². The molecular formula is C41H80O12S. The molecule has 13 heteroatoms. The van der Waals surface area contributed by atoms with E-state index in [4.69, 9.17) is 23.5 Å². The quantitative estimate of drug-likeness (QED) is 0.0266. The first-order chi connectivity index (χ1) is 26.1. The first kappa shape index (κ1) is 51.1. The van der Waals surface area contributed by atoms with Crippen molar-refractivity contribution in [2.24, 2.45) is 0 Å². The van der Waals surface area contributed by atoms with Gasteiger partial charge in [0.15, 0.2) is 6.29 Å². The Kier molecular flexibility index (Phi) is 32.3. The number of carbonyl (C=O) groups is 1. The maximum absolute atomic E-state index is 12.6. The number of carbonyl (C=O) groups excluding carboxylic acids is 1. The van der Waals surface area contributed by atoms with Crippen molar-refractivity contribution in [2.45, 2.75) is 230 Å². The number of ether oxygens (including phenoxy) is 4. The van der Waals surface area contributed by atoms with Gasteiger partial charge in [-0.2, -0.15) is 8.42 Å². The topological polar surface area (TPSA) is 178 Å². The van der Waals surface area contributed by atoms with Crippen LogP contribution in [0.25, 0.3) is 0 Å². The number of hydrogen-bond donors (Lipinski definition) is 4. The Bertz CT molecular complexity index is 968. The van der Waals surface area contributed by atoms with Crippen LogP contribution in [0.3, 0.4) is 0 Å². The molecule has 54 heavy (non-hydrogen) atoms. The van der Waals surface area contributed by atoms with Crippen molar-refractivity contribution in [3.63, 3.8) is 0 Å². The number of esters is 1. The van der Waals surface area contributed by atoms with Gasteiger partial charge in [-0.05, 0) is 12.8 Å². The van der Waals surface area contributed by atoms with Crippen LogP contribution in [0.1, 0.15) is 194 Å². The van der Waals surface area contributed by atoms with Crippen molar-refractivity contribution < 1.29 is 56.2 Å². The summed E-state index contributed by atoms with van der Waals surface area (Å²) in [5.41, 5.74) is 0. The maximum atomic E-state index is 12.6. The summed E-state index contributed by atoms with van der Waals surface area (Å²) < 4.78 is 58.7. The zero-order valence-corrected chi connectivity index (χ0v) is 34.9. The third-order valence-corrected chi connectivity index (χ3v) is 10.7. The second-order valence-electron chi connectivity index (χ2n) is 15.3. The second kappa shape index (κ2) is 34.2. The number of rotatable bonds is 38. The minimum atomic E-state index is -5.05. The molecule has 1 aliphatic heterocycles. The largest absolute Gasteiger partial charge is 0.457 e. The third kappa shape index (κ3) is 27.7. The van der Waals surface area contributed by atoms with Crippen molar-refractivity contribution in [3.8, 4) is 0 Å². The van der Waals surface area contributed by atoms with E-state index >= 15 is 0 Å². The number of aliphatic hydroxyl groups is 3. The van der Waals surface area contributed by atoms with Crippen LogP contribution >= 0.6 is 0 Å². The third-order valence-electron chi connectivity index (χ3n) is 10.2. The first-order valence-electron chi connectivity index (χ1n) is 21.8.